The first-order valence-corrected chi connectivity index (χ1v) is 7.19. The Kier molecular flexibility index (Phi) is 3.65. The Morgan fingerprint density at radius 3 is 2.89 bits per heavy atom. The summed E-state index contributed by atoms with van der Waals surface area (Å²) in [7, 11) is 0. The summed E-state index contributed by atoms with van der Waals surface area (Å²) >= 11 is 0. The highest BCUT2D eigenvalue weighted by molar-refractivity contribution is 5.91. The molecular formula is C16H21N3. The fourth-order valence-corrected chi connectivity index (χ4v) is 3.09. The molecule has 1 aliphatic carbocycles. The Balaban J connectivity index is 1.88. The molecule has 0 aliphatic heterocycles. The van der Waals surface area contributed by atoms with Crippen LogP contribution in [-0.2, 0) is 0 Å². The van der Waals surface area contributed by atoms with Gasteiger partial charge in [-0.1, -0.05) is 37.1 Å². The largest absolute Gasteiger partial charge is 0.367 e. The second-order valence-corrected chi connectivity index (χ2v) is 5.41. The first-order valence-electron chi connectivity index (χ1n) is 7.19. The van der Waals surface area contributed by atoms with E-state index in [1.165, 1.54) is 36.5 Å². The summed E-state index contributed by atoms with van der Waals surface area (Å²) in [5.41, 5.74) is 5.90. The summed E-state index contributed by atoms with van der Waals surface area (Å²) in [6.07, 6.45) is 6.92. The van der Waals surface area contributed by atoms with Crippen LogP contribution < -0.4 is 11.1 Å². The lowest BCUT2D eigenvalue weighted by molar-refractivity contribution is 0.332. The minimum Gasteiger partial charge on any atom is -0.367 e. The summed E-state index contributed by atoms with van der Waals surface area (Å²) < 4.78 is 0. The lowest BCUT2D eigenvalue weighted by Crippen LogP contribution is -2.37. The second kappa shape index (κ2) is 5.57. The van der Waals surface area contributed by atoms with Gasteiger partial charge in [-0.15, -0.1) is 0 Å². The molecule has 2 aromatic rings. The SMILES string of the molecule is NCC1CCCCC1Nc1nccc2ccccc12. The van der Waals surface area contributed by atoms with Gasteiger partial charge < -0.3 is 11.1 Å². The van der Waals surface area contributed by atoms with Crippen molar-refractivity contribution in [1.82, 2.24) is 4.98 Å². The van der Waals surface area contributed by atoms with Crippen LogP contribution in [0.25, 0.3) is 10.8 Å². The van der Waals surface area contributed by atoms with E-state index in [0.29, 0.717) is 12.0 Å². The zero-order valence-electron chi connectivity index (χ0n) is 11.2. The highest BCUT2D eigenvalue weighted by Crippen LogP contribution is 2.28. The second-order valence-electron chi connectivity index (χ2n) is 5.41. The maximum Gasteiger partial charge on any atom is 0.134 e. The standard InChI is InChI=1S/C16H21N3/c17-11-13-6-2-4-8-15(13)19-16-14-7-3-1-5-12(14)9-10-18-16/h1,3,5,7,9-10,13,15H,2,4,6,8,11,17H2,(H,18,19). The number of benzene rings is 1. The smallest absolute Gasteiger partial charge is 0.134 e. The van der Waals surface area contributed by atoms with Crippen LogP contribution in [-0.4, -0.2) is 17.6 Å². The van der Waals surface area contributed by atoms with Crippen LogP contribution in [0.3, 0.4) is 0 Å². The normalized spacial score (nSPS) is 23.4. The Bertz CT molecular complexity index is 547. The van der Waals surface area contributed by atoms with Gasteiger partial charge in [0.25, 0.3) is 0 Å². The minimum absolute atomic E-state index is 0.469. The number of rotatable bonds is 3. The van der Waals surface area contributed by atoms with Crippen molar-refractivity contribution in [3.63, 3.8) is 0 Å². The molecule has 1 aliphatic rings. The number of fused-ring (bicyclic) bond motifs is 1. The molecule has 3 rings (SSSR count). The van der Waals surface area contributed by atoms with Gasteiger partial charge in [-0.3, -0.25) is 0 Å². The molecule has 0 spiro atoms. The molecule has 1 fully saturated rings. The van der Waals surface area contributed by atoms with Crippen molar-refractivity contribution in [2.75, 3.05) is 11.9 Å². The van der Waals surface area contributed by atoms with Crippen LogP contribution in [0.5, 0.6) is 0 Å². The third kappa shape index (κ3) is 2.56. The first kappa shape index (κ1) is 12.4. The molecule has 0 amide bonds. The molecule has 0 radical (unpaired) electrons. The Morgan fingerprint density at radius 1 is 1.16 bits per heavy atom. The van der Waals surface area contributed by atoms with Gasteiger partial charge in [-0.2, -0.15) is 0 Å². The van der Waals surface area contributed by atoms with E-state index >= 15 is 0 Å². The van der Waals surface area contributed by atoms with E-state index in [2.05, 4.69) is 40.6 Å². The topological polar surface area (TPSA) is 50.9 Å². The van der Waals surface area contributed by atoms with E-state index in [9.17, 15) is 0 Å². The van der Waals surface area contributed by atoms with Crippen molar-refractivity contribution in [3.8, 4) is 0 Å². The van der Waals surface area contributed by atoms with Crippen LogP contribution in [0.4, 0.5) is 5.82 Å². The number of nitrogens with zero attached hydrogens (tertiary/aromatic N) is 1. The summed E-state index contributed by atoms with van der Waals surface area (Å²) in [6.45, 7) is 0.766. The Morgan fingerprint density at radius 2 is 2.00 bits per heavy atom. The first-order chi connectivity index (χ1) is 9.38. The van der Waals surface area contributed by atoms with Gasteiger partial charge in [0.1, 0.15) is 5.82 Å². The van der Waals surface area contributed by atoms with Crippen molar-refractivity contribution >= 4 is 16.6 Å². The predicted octanol–water partition coefficient (Wildman–Crippen LogP) is 3.16. The maximum absolute atomic E-state index is 5.90. The third-order valence-electron chi connectivity index (χ3n) is 4.21. The van der Waals surface area contributed by atoms with E-state index < -0.39 is 0 Å². The van der Waals surface area contributed by atoms with Crippen LogP contribution >= 0.6 is 0 Å². The van der Waals surface area contributed by atoms with E-state index in [-0.39, 0.29) is 0 Å². The maximum atomic E-state index is 5.90. The van der Waals surface area contributed by atoms with Crippen molar-refractivity contribution in [3.05, 3.63) is 36.5 Å². The molecule has 1 aromatic heterocycles. The van der Waals surface area contributed by atoms with E-state index in [4.69, 9.17) is 5.73 Å². The third-order valence-corrected chi connectivity index (χ3v) is 4.21. The molecule has 1 saturated carbocycles. The van der Waals surface area contributed by atoms with E-state index in [0.717, 1.165) is 12.4 Å². The molecule has 3 nitrogen and oxygen atoms in total. The summed E-state index contributed by atoms with van der Waals surface area (Å²) in [6, 6.07) is 10.9. The average Bonchev–Trinajstić information content (AvgIpc) is 2.48. The highest BCUT2D eigenvalue weighted by atomic mass is 15.0. The lowest BCUT2D eigenvalue weighted by Gasteiger charge is -2.32. The Hall–Kier alpha value is -1.61. The predicted molar refractivity (Wildman–Crippen MR) is 80.2 cm³/mol. The van der Waals surface area contributed by atoms with Gasteiger partial charge >= 0.3 is 0 Å². The molecule has 100 valence electrons. The van der Waals surface area contributed by atoms with Gasteiger partial charge in [0, 0.05) is 17.6 Å². The summed E-state index contributed by atoms with van der Waals surface area (Å²) in [4.78, 5) is 4.52. The van der Waals surface area contributed by atoms with E-state index in [1.54, 1.807) is 0 Å². The summed E-state index contributed by atoms with van der Waals surface area (Å²) in [5, 5.41) is 6.07. The molecule has 3 N–H and O–H groups in total. The monoisotopic (exact) mass is 255 g/mol. The molecule has 0 saturated heterocycles. The summed E-state index contributed by atoms with van der Waals surface area (Å²) in [5.74, 6) is 1.58. The van der Waals surface area contributed by atoms with Crippen molar-refractivity contribution in [2.24, 2.45) is 11.7 Å². The van der Waals surface area contributed by atoms with Gasteiger partial charge in [0.05, 0.1) is 0 Å². The van der Waals surface area contributed by atoms with Gasteiger partial charge in [-0.05, 0) is 36.8 Å². The lowest BCUT2D eigenvalue weighted by atomic mass is 9.84. The molecule has 2 unspecified atom stereocenters. The molecule has 19 heavy (non-hydrogen) atoms. The van der Waals surface area contributed by atoms with Gasteiger partial charge in [-0.25, -0.2) is 4.98 Å². The molecule has 0 bridgehead atoms. The molecule has 3 heteroatoms. The molecule has 1 heterocycles. The van der Waals surface area contributed by atoms with Crippen molar-refractivity contribution < 1.29 is 0 Å². The number of hydrogen-bond acceptors (Lipinski definition) is 3. The van der Waals surface area contributed by atoms with Crippen LogP contribution in [0.1, 0.15) is 25.7 Å². The number of pyridine rings is 1. The van der Waals surface area contributed by atoms with Crippen LogP contribution in [0, 0.1) is 5.92 Å². The number of hydrogen-bond donors (Lipinski definition) is 2. The highest BCUT2D eigenvalue weighted by Gasteiger charge is 2.24. The quantitative estimate of drug-likeness (QED) is 0.885. The van der Waals surface area contributed by atoms with Gasteiger partial charge in [0.15, 0.2) is 0 Å². The number of nitrogens with two attached hydrogens (primary N) is 1. The molecule has 2 atom stereocenters. The Labute approximate surface area is 114 Å². The number of anilines is 1. The van der Waals surface area contributed by atoms with Crippen molar-refractivity contribution in [2.45, 2.75) is 31.7 Å². The fourth-order valence-electron chi connectivity index (χ4n) is 3.09. The number of aromatic nitrogens is 1. The van der Waals surface area contributed by atoms with Crippen LogP contribution in [0.15, 0.2) is 36.5 Å². The van der Waals surface area contributed by atoms with Crippen molar-refractivity contribution in [1.29, 1.82) is 0 Å². The molecule has 1 aromatic carbocycles. The van der Waals surface area contributed by atoms with Crippen LogP contribution in [0.2, 0.25) is 0 Å². The number of nitrogens with one attached hydrogen (secondary N) is 1. The zero-order valence-corrected chi connectivity index (χ0v) is 11.2. The van der Waals surface area contributed by atoms with Gasteiger partial charge in [0.2, 0.25) is 0 Å². The fraction of sp³-hybridized carbons (Fsp3) is 0.438. The zero-order chi connectivity index (χ0) is 13.1. The minimum atomic E-state index is 0.469. The van der Waals surface area contributed by atoms with E-state index in [1.807, 2.05) is 6.20 Å². The average molecular weight is 255 g/mol. The molecular weight excluding hydrogens is 234 g/mol.